The Morgan fingerprint density at radius 1 is 1.43 bits per heavy atom. The quantitative estimate of drug-likeness (QED) is 0.702. The van der Waals surface area contributed by atoms with Crippen LogP contribution in [-0.2, 0) is 15.6 Å². The summed E-state index contributed by atoms with van der Waals surface area (Å²) in [6.07, 6.45) is 1.55. The highest BCUT2D eigenvalue weighted by atomic mass is 32.2. The first-order chi connectivity index (χ1) is 6.65. The molecular formula is C10H19NO2S. The fourth-order valence-electron chi connectivity index (χ4n) is 1.75. The molecule has 1 aliphatic heterocycles. The maximum atomic E-state index is 11.5. The fourth-order valence-corrected chi connectivity index (χ4v) is 2.84. The van der Waals surface area contributed by atoms with Crippen molar-refractivity contribution in [1.29, 1.82) is 0 Å². The summed E-state index contributed by atoms with van der Waals surface area (Å²) in [4.78, 5) is 13.7. The molecule has 0 aliphatic carbocycles. The van der Waals surface area contributed by atoms with Crippen molar-refractivity contribution in [2.24, 2.45) is 0 Å². The normalized spacial score (nSPS) is 26.9. The van der Waals surface area contributed by atoms with E-state index < -0.39 is 10.8 Å². The summed E-state index contributed by atoms with van der Waals surface area (Å²) in [6.45, 7) is 5.58. The Morgan fingerprint density at radius 2 is 2.14 bits per heavy atom. The highest BCUT2D eigenvalue weighted by Gasteiger charge is 2.21. The number of carbonyl (C=O) groups is 1. The number of rotatable bonds is 3. The van der Waals surface area contributed by atoms with Crippen molar-refractivity contribution in [3.63, 3.8) is 0 Å². The van der Waals surface area contributed by atoms with Gasteiger partial charge in [0.2, 0.25) is 0 Å². The smallest absolute Gasteiger partial charge is 0.149 e. The van der Waals surface area contributed by atoms with Crippen molar-refractivity contribution in [3.8, 4) is 0 Å². The second-order valence-corrected chi connectivity index (χ2v) is 5.43. The summed E-state index contributed by atoms with van der Waals surface area (Å²) in [6, 6.07) is 0.00935. The Labute approximate surface area is 88.3 Å². The number of ketones is 1. The summed E-state index contributed by atoms with van der Waals surface area (Å²) in [5.41, 5.74) is 0. The SMILES string of the molecule is CCC(=O)C(C)N1CCCS(=O)CC1. The second kappa shape index (κ2) is 5.61. The number of hydrogen-bond acceptors (Lipinski definition) is 3. The Morgan fingerprint density at radius 3 is 2.79 bits per heavy atom. The van der Waals surface area contributed by atoms with Crippen LogP contribution in [0.25, 0.3) is 0 Å². The van der Waals surface area contributed by atoms with Gasteiger partial charge in [-0.15, -0.1) is 0 Å². The van der Waals surface area contributed by atoms with Crippen molar-refractivity contribution < 1.29 is 9.00 Å². The van der Waals surface area contributed by atoms with E-state index in [-0.39, 0.29) is 11.8 Å². The second-order valence-electron chi connectivity index (χ2n) is 3.73. The van der Waals surface area contributed by atoms with E-state index in [0.29, 0.717) is 6.42 Å². The van der Waals surface area contributed by atoms with Crippen LogP contribution in [0.15, 0.2) is 0 Å². The molecule has 0 radical (unpaired) electrons. The van der Waals surface area contributed by atoms with Crippen molar-refractivity contribution in [2.75, 3.05) is 24.6 Å². The zero-order chi connectivity index (χ0) is 10.6. The van der Waals surface area contributed by atoms with Crippen molar-refractivity contribution in [2.45, 2.75) is 32.7 Å². The van der Waals surface area contributed by atoms with Gasteiger partial charge in [0, 0.05) is 35.3 Å². The molecule has 1 saturated heterocycles. The molecule has 1 fully saturated rings. The van der Waals surface area contributed by atoms with Crippen LogP contribution in [0.1, 0.15) is 26.7 Å². The Bertz CT molecular complexity index is 230. The van der Waals surface area contributed by atoms with E-state index in [1.54, 1.807) is 0 Å². The third-order valence-electron chi connectivity index (χ3n) is 2.79. The summed E-state index contributed by atoms with van der Waals surface area (Å²) in [5.74, 6) is 1.81. The monoisotopic (exact) mass is 217 g/mol. The molecular weight excluding hydrogens is 198 g/mol. The van der Waals surface area contributed by atoms with Gasteiger partial charge in [-0.1, -0.05) is 6.92 Å². The molecule has 2 unspecified atom stereocenters. The third-order valence-corrected chi connectivity index (χ3v) is 4.17. The molecule has 1 heterocycles. The highest BCUT2D eigenvalue weighted by molar-refractivity contribution is 7.85. The van der Waals surface area contributed by atoms with E-state index in [0.717, 1.165) is 31.0 Å². The van der Waals surface area contributed by atoms with Crippen LogP contribution in [0.5, 0.6) is 0 Å². The number of hydrogen-bond donors (Lipinski definition) is 0. The molecule has 0 aromatic heterocycles. The molecule has 0 amide bonds. The van der Waals surface area contributed by atoms with Crippen LogP contribution in [0.2, 0.25) is 0 Å². The van der Waals surface area contributed by atoms with Crippen LogP contribution >= 0.6 is 0 Å². The van der Waals surface area contributed by atoms with E-state index in [9.17, 15) is 9.00 Å². The van der Waals surface area contributed by atoms with E-state index >= 15 is 0 Å². The van der Waals surface area contributed by atoms with Gasteiger partial charge in [-0.05, 0) is 19.9 Å². The molecule has 0 saturated carbocycles. The first-order valence-electron chi connectivity index (χ1n) is 5.27. The number of nitrogens with zero attached hydrogens (tertiary/aromatic N) is 1. The lowest BCUT2D eigenvalue weighted by molar-refractivity contribution is -0.123. The summed E-state index contributed by atoms with van der Waals surface area (Å²) in [5, 5.41) is 0. The van der Waals surface area contributed by atoms with Gasteiger partial charge < -0.3 is 0 Å². The molecule has 4 heteroatoms. The molecule has 0 bridgehead atoms. The summed E-state index contributed by atoms with van der Waals surface area (Å²) < 4.78 is 11.3. The molecule has 0 spiro atoms. The van der Waals surface area contributed by atoms with Gasteiger partial charge in [0.25, 0.3) is 0 Å². The van der Waals surface area contributed by atoms with Gasteiger partial charge in [-0.25, -0.2) is 0 Å². The lowest BCUT2D eigenvalue weighted by atomic mass is 10.1. The molecule has 0 N–H and O–H groups in total. The predicted molar refractivity (Wildman–Crippen MR) is 58.8 cm³/mol. The molecule has 2 atom stereocenters. The van der Waals surface area contributed by atoms with Crippen LogP contribution < -0.4 is 0 Å². The molecule has 1 rings (SSSR count). The maximum absolute atomic E-state index is 11.5. The van der Waals surface area contributed by atoms with Crippen LogP contribution in [0.4, 0.5) is 0 Å². The van der Waals surface area contributed by atoms with E-state index in [2.05, 4.69) is 4.90 Å². The molecule has 3 nitrogen and oxygen atoms in total. The van der Waals surface area contributed by atoms with Crippen LogP contribution in [0, 0.1) is 0 Å². The first kappa shape index (κ1) is 11.9. The molecule has 1 aliphatic rings. The highest BCUT2D eigenvalue weighted by Crippen LogP contribution is 2.08. The molecule has 0 aromatic rings. The summed E-state index contributed by atoms with van der Waals surface area (Å²) in [7, 11) is -0.663. The average molecular weight is 217 g/mol. The number of Topliss-reactive ketones (excluding diaryl/α,β-unsaturated/α-hetero) is 1. The third kappa shape index (κ3) is 3.17. The Hall–Kier alpha value is -0.220. The van der Waals surface area contributed by atoms with Gasteiger partial charge in [-0.3, -0.25) is 13.9 Å². The minimum Gasteiger partial charge on any atom is -0.298 e. The Balaban J connectivity index is 2.50. The standard InChI is InChI=1S/C10H19NO2S/c1-3-10(12)9(2)11-5-4-7-14(13)8-6-11/h9H,3-8H2,1-2H3. The van der Waals surface area contributed by atoms with Crippen molar-refractivity contribution >= 4 is 16.6 Å². The lowest BCUT2D eigenvalue weighted by Gasteiger charge is -2.25. The van der Waals surface area contributed by atoms with Gasteiger partial charge in [0.1, 0.15) is 5.78 Å². The minimum atomic E-state index is -0.663. The zero-order valence-electron chi connectivity index (χ0n) is 8.99. The van der Waals surface area contributed by atoms with E-state index in [1.165, 1.54) is 0 Å². The van der Waals surface area contributed by atoms with Crippen molar-refractivity contribution in [3.05, 3.63) is 0 Å². The van der Waals surface area contributed by atoms with Gasteiger partial charge in [0.15, 0.2) is 0 Å². The number of carbonyl (C=O) groups excluding carboxylic acids is 1. The van der Waals surface area contributed by atoms with Gasteiger partial charge in [0.05, 0.1) is 6.04 Å². The zero-order valence-corrected chi connectivity index (χ0v) is 9.81. The molecule has 14 heavy (non-hydrogen) atoms. The maximum Gasteiger partial charge on any atom is 0.149 e. The van der Waals surface area contributed by atoms with E-state index in [4.69, 9.17) is 0 Å². The minimum absolute atomic E-state index is 0.00935. The predicted octanol–water partition coefficient (Wildman–Crippen LogP) is 0.808. The molecule has 82 valence electrons. The van der Waals surface area contributed by atoms with E-state index in [1.807, 2.05) is 13.8 Å². The largest absolute Gasteiger partial charge is 0.298 e. The Kier molecular flexibility index (Phi) is 4.75. The average Bonchev–Trinajstić information content (AvgIpc) is 2.40. The topological polar surface area (TPSA) is 37.4 Å². The van der Waals surface area contributed by atoms with Gasteiger partial charge in [-0.2, -0.15) is 0 Å². The van der Waals surface area contributed by atoms with Gasteiger partial charge >= 0.3 is 0 Å². The lowest BCUT2D eigenvalue weighted by Crippen LogP contribution is -2.40. The summed E-state index contributed by atoms with van der Waals surface area (Å²) >= 11 is 0. The van der Waals surface area contributed by atoms with Crippen LogP contribution in [0.3, 0.4) is 0 Å². The fraction of sp³-hybridized carbons (Fsp3) is 0.900. The van der Waals surface area contributed by atoms with Crippen LogP contribution in [-0.4, -0.2) is 45.5 Å². The molecule has 0 aromatic carbocycles. The van der Waals surface area contributed by atoms with Crippen molar-refractivity contribution in [1.82, 2.24) is 4.90 Å². The first-order valence-corrected chi connectivity index (χ1v) is 6.75.